The lowest BCUT2D eigenvalue weighted by molar-refractivity contribution is -0.376. The van der Waals surface area contributed by atoms with Crippen LogP contribution in [0.25, 0.3) is 0 Å². The molecule has 1 spiro atoms. The van der Waals surface area contributed by atoms with Crippen molar-refractivity contribution in [3.05, 3.63) is 59.4 Å². The minimum Gasteiger partial charge on any atom is -0.369 e. The van der Waals surface area contributed by atoms with Gasteiger partial charge in [-0.2, -0.15) is 26.3 Å². The van der Waals surface area contributed by atoms with Crippen LogP contribution in [0.5, 0.6) is 0 Å². The molecular formula is C27H28F7N3O4S. The van der Waals surface area contributed by atoms with E-state index in [0.29, 0.717) is 25.2 Å². The third-order valence-corrected chi connectivity index (χ3v) is 10.5. The number of hydrogen-bond acceptors (Lipinski definition) is 5. The lowest BCUT2D eigenvalue weighted by atomic mass is 9.73. The summed E-state index contributed by atoms with van der Waals surface area (Å²) in [5, 5.41) is 13.1. The first-order chi connectivity index (χ1) is 19.5. The normalized spacial score (nSPS) is 21.2. The molecule has 3 heterocycles. The highest BCUT2D eigenvalue weighted by atomic mass is 32.2. The second-order valence-electron chi connectivity index (χ2n) is 11.2. The molecule has 15 heteroatoms. The third-order valence-electron chi connectivity index (χ3n) is 8.59. The quantitative estimate of drug-likeness (QED) is 0.487. The Kier molecular flexibility index (Phi) is 7.54. The molecule has 230 valence electrons. The van der Waals surface area contributed by atoms with Crippen molar-refractivity contribution in [2.75, 3.05) is 30.5 Å². The standard InChI is InChI=1S/C27H28F7N3O4S/c28-19-3-6-21(7-4-19)42(40,41)37-20(14-23(38)36-11-9-24(10-12-36)15-35-16-24)5-1-17-13-18(2-8-22(17)37)25(39,26(29,30)31)27(32,33)34/h2-4,6-8,13,20,35,39H,1,5,9-12,14-16H2/t20-/m0/s1. The zero-order valence-corrected chi connectivity index (χ0v) is 22.9. The topological polar surface area (TPSA) is 90.0 Å². The van der Waals surface area contributed by atoms with E-state index in [4.69, 9.17) is 0 Å². The number of amides is 1. The van der Waals surface area contributed by atoms with Crippen molar-refractivity contribution in [3.63, 3.8) is 0 Å². The van der Waals surface area contributed by atoms with E-state index in [-0.39, 0.29) is 46.7 Å². The van der Waals surface area contributed by atoms with Crippen LogP contribution in [-0.2, 0) is 26.8 Å². The molecule has 0 saturated carbocycles. The lowest BCUT2D eigenvalue weighted by Crippen LogP contribution is -2.59. The second kappa shape index (κ2) is 10.4. The van der Waals surface area contributed by atoms with E-state index in [1.807, 2.05) is 0 Å². The molecule has 0 radical (unpaired) electrons. The number of likely N-dealkylation sites (tertiary alicyclic amines) is 1. The van der Waals surface area contributed by atoms with Crippen LogP contribution >= 0.6 is 0 Å². The fourth-order valence-electron chi connectivity index (χ4n) is 5.97. The van der Waals surface area contributed by atoms with Gasteiger partial charge in [0.1, 0.15) is 5.82 Å². The van der Waals surface area contributed by atoms with Crippen molar-refractivity contribution in [1.29, 1.82) is 0 Å². The number of piperidine rings is 1. The Morgan fingerprint density at radius 2 is 1.57 bits per heavy atom. The third kappa shape index (κ3) is 5.12. The van der Waals surface area contributed by atoms with Crippen molar-refractivity contribution >= 4 is 21.6 Å². The molecular weight excluding hydrogens is 595 g/mol. The summed E-state index contributed by atoms with van der Waals surface area (Å²) in [7, 11) is -4.56. The molecule has 7 nitrogen and oxygen atoms in total. The minimum absolute atomic E-state index is 0.0964. The molecule has 42 heavy (non-hydrogen) atoms. The minimum atomic E-state index is -6.12. The van der Waals surface area contributed by atoms with E-state index in [1.54, 1.807) is 4.90 Å². The number of nitrogens with one attached hydrogen (secondary N) is 1. The van der Waals surface area contributed by atoms with Gasteiger partial charge in [-0.1, -0.05) is 12.1 Å². The Balaban J connectivity index is 1.51. The number of hydrogen-bond donors (Lipinski definition) is 2. The van der Waals surface area contributed by atoms with Gasteiger partial charge in [0.25, 0.3) is 15.6 Å². The largest absolute Gasteiger partial charge is 0.430 e. The van der Waals surface area contributed by atoms with Crippen LogP contribution in [-0.4, -0.2) is 68.9 Å². The number of halogens is 7. The van der Waals surface area contributed by atoms with Gasteiger partial charge in [0.2, 0.25) is 5.91 Å². The highest BCUT2D eigenvalue weighted by Crippen LogP contribution is 2.51. The summed E-state index contributed by atoms with van der Waals surface area (Å²) in [5.41, 5.74) is -6.97. The number of sulfonamides is 1. The Labute approximate surface area is 237 Å². The number of carbonyl (C=O) groups excluding carboxylic acids is 1. The first kappa shape index (κ1) is 30.5. The SMILES string of the molecule is O=C(C[C@@H]1CCc2cc(C(O)(C(F)(F)F)C(F)(F)F)ccc2N1S(=O)(=O)c1ccc(F)cc1)N1CCC2(CC1)CNC2. The zero-order chi connectivity index (χ0) is 30.7. The van der Waals surface area contributed by atoms with Crippen LogP contribution in [0.3, 0.4) is 0 Å². The molecule has 1 amide bonds. The van der Waals surface area contributed by atoms with E-state index >= 15 is 0 Å². The Morgan fingerprint density at radius 3 is 2.10 bits per heavy atom. The predicted molar refractivity (Wildman–Crippen MR) is 136 cm³/mol. The maximum Gasteiger partial charge on any atom is 0.430 e. The van der Waals surface area contributed by atoms with Gasteiger partial charge in [-0.3, -0.25) is 9.10 Å². The molecule has 5 rings (SSSR count). The predicted octanol–water partition coefficient (Wildman–Crippen LogP) is 4.25. The maximum atomic E-state index is 13.8. The summed E-state index contributed by atoms with van der Waals surface area (Å²) in [6.07, 6.45) is -11.2. The van der Waals surface area contributed by atoms with Gasteiger partial charge >= 0.3 is 12.4 Å². The van der Waals surface area contributed by atoms with Gasteiger partial charge in [-0.05, 0) is 67.0 Å². The fourth-order valence-corrected chi connectivity index (χ4v) is 7.69. The highest BCUT2D eigenvalue weighted by Gasteiger charge is 2.71. The molecule has 3 aliphatic rings. The summed E-state index contributed by atoms with van der Waals surface area (Å²) in [5.74, 6) is -1.06. The molecule has 2 saturated heterocycles. The molecule has 2 aromatic carbocycles. The summed E-state index contributed by atoms with van der Waals surface area (Å²) < 4.78 is 123. The lowest BCUT2D eigenvalue weighted by Gasteiger charge is -2.48. The number of carbonyl (C=O) groups is 1. The molecule has 3 aliphatic heterocycles. The Morgan fingerprint density at radius 1 is 0.976 bits per heavy atom. The average molecular weight is 624 g/mol. The van der Waals surface area contributed by atoms with Crippen LogP contribution in [0.2, 0.25) is 0 Å². The van der Waals surface area contributed by atoms with Crippen LogP contribution in [0, 0.1) is 11.2 Å². The Hall–Kier alpha value is -2.91. The summed E-state index contributed by atoms with van der Waals surface area (Å²) >= 11 is 0. The first-order valence-electron chi connectivity index (χ1n) is 13.3. The number of nitrogens with zero attached hydrogens (tertiary/aromatic N) is 2. The van der Waals surface area contributed by atoms with Crippen molar-refractivity contribution in [2.24, 2.45) is 5.41 Å². The maximum absolute atomic E-state index is 13.8. The smallest absolute Gasteiger partial charge is 0.369 e. The number of rotatable bonds is 5. The number of aryl methyl sites for hydroxylation is 1. The molecule has 0 aliphatic carbocycles. The zero-order valence-electron chi connectivity index (χ0n) is 22.1. The molecule has 2 aromatic rings. The number of anilines is 1. The second-order valence-corrected chi connectivity index (χ2v) is 13.0. The molecule has 1 atom stereocenters. The van der Waals surface area contributed by atoms with Crippen molar-refractivity contribution in [3.8, 4) is 0 Å². The van der Waals surface area contributed by atoms with Gasteiger partial charge < -0.3 is 15.3 Å². The number of alkyl halides is 6. The average Bonchev–Trinajstić information content (AvgIpc) is 2.90. The first-order valence-corrected chi connectivity index (χ1v) is 14.7. The van der Waals surface area contributed by atoms with Crippen molar-refractivity contribution < 1.29 is 49.1 Å². The monoisotopic (exact) mass is 623 g/mol. The van der Waals surface area contributed by atoms with Gasteiger partial charge in [0.05, 0.1) is 16.6 Å². The van der Waals surface area contributed by atoms with E-state index in [2.05, 4.69) is 5.32 Å². The molecule has 2 N–H and O–H groups in total. The van der Waals surface area contributed by atoms with Crippen LogP contribution < -0.4 is 9.62 Å². The fraction of sp³-hybridized carbons (Fsp3) is 0.519. The van der Waals surface area contributed by atoms with Gasteiger partial charge in [-0.15, -0.1) is 0 Å². The van der Waals surface area contributed by atoms with E-state index in [1.165, 1.54) is 0 Å². The van der Waals surface area contributed by atoms with E-state index < -0.39 is 45.4 Å². The molecule has 2 fully saturated rings. The van der Waals surface area contributed by atoms with Gasteiger partial charge in [0, 0.05) is 38.2 Å². The molecule has 0 aromatic heterocycles. The van der Waals surface area contributed by atoms with Crippen LogP contribution in [0.4, 0.5) is 36.4 Å². The van der Waals surface area contributed by atoms with Crippen LogP contribution in [0.15, 0.2) is 47.4 Å². The Bertz CT molecular complexity index is 1430. The number of fused-ring (bicyclic) bond motifs is 1. The van der Waals surface area contributed by atoms with E-state index in [0.717, 1.165) is 60.6 Å². The summed E-state index contributed by atoms with van der Waals surface area (Å²) in [6.45, 7) is 2.67. The number of aliphatic hydroxyl groups is 1. The van der Waals surface area contributed by atoms with Crippen molar-refractivity contribution in [1.82, 2.24) is 10.2 Å². The highest BCUT2D eigenvalue weighted by molar-refractivity contribution is 7.92. The van der Waals surface area contributed by atoms with Gasteiger partial charge in [0.15, 0.2) is 0 Å². The van der Waals surface area contributed by atoms with Crippen LogP contribution in [0.1, 0.15) is 36.8 Å². The summed E-state index contributed by atoms with van der Waals surface area (Å²) in [4.78, 5) is 14.6. The van der Waals surface area contributed by atoms with Gasteiger partial charge in [-0.25, -0.2) is 12.8 Å². The molecule has 0 unspecified atom stereocenters. The molecule has 0 bridgehead atoms. The van der Waals surface area contributed by atoms with E-state index in [9.17, 15) is 49.1 Å². The summed E-state index contributed by atoms with van der Waals surface area (Å²) in [6, 6.07) is 4.39. The number of benzene rings is 2. The van der Waals surface area contributed by atoms with Crippen molar-refractivity contribution in [2.45, 2.75) is 61.0 Å².